The molecule has 4 nitrogen and oxygen atoms in total. The van der Waals surface area contributed by atoms with Crippen LogP contribution in [0.4, 0.5) is 11.4 Å². The molecule has 1 aromatic carbocycles. The van der Waals surface area contributed by atoms with Gasteiger partial charge in [-0.05, 0) is 38.1 Å². The highest BCUT2D eigenvalue weighted by Gasteiger charge is 2.25. The van der Waals surface area contributed by atoms with Crippen LogP contribution in [0.5, 0.6) is 0 Å². The van der Waals surface area contributed by atoms with Crippen molar-refractivity contribution in [3.63, 3.8) is 0 Å². The van der Waals surface area contributed by atoms with Gasteiger partial charge in [-0.1, -0.05) is 0 Å². The Hall–Kier alpha value is -1.26. The van der Waals surface area contributed by atoms with Gasteiger partial charge in [0.15, 0.2) is 0 Å². The van der Waals surface area contributed by atoms with Crippen molar-refractivity contribution < 1.29 is 9.84 Å². The van der Waals surface area contributed by atoms with Crippen LogP contribution in [-0.4, -0.2) is 43.6 Å². The predicted molar refractivity (Wildman–Crippen MR) is 74.2 cm³/mol. The third-order valence-electron chi connectivity index (χ3n) is 3.40. The molecule has 2 atom stereocenters. The van der Waals surface area contributed by atoms with Crippen molar-refractivity contribution in [3.05, 3.63) is 24.3 Å². The second-order valence-electron chi connectivity index (χ2n) is 4.57. The molecule has 4 heteroatoms. The maximum Gasteiger partial charge on any atom is 0.0996 e. The zero-order chi connectivity index (χ0) is 13.0. The molecule has 1 aliphatic rings. The molecule has 1 aliphatic heterocycles. The number of nitrogens with one attached hydrogen (secondary N) is 1. The summed E-state index contributed by atoms with van der Waals surface area (Å²) in [7, 11) is 0. The Morgan fingerprint density at radius 1 is 1.22 bits per heavy atom. The average Bonchev–Trinajstić information content (AvgIpc) is 2.79. The van der Waals surface area contributed by atoms with E-state index in [1.807, 2.05) is 0 Å². The number of anilines is 2. The SMILES string of the molecule is CCN(CC)c1ccc(NC2COCC2O)cc1. The van der Waals surface area contributed by atoms with Crippen molar-refractivity contribution in [1.29, 1.82) is 0 Å². The zero-order valence-corrected chi connectivity index (χ0v) is 11.1. The number of benzene rings is 1. The summed E-state index contributed by atoms with van der Waals surface area (Å²) in [6.45, 7) is 7.33. The van der Waals surface area contributed by atoms with Gasteiger partial charge in [-0.15, -0.1) is 0 Å². The summed E-state index contributed by atoms with van der Waals surface area (Å²) >= 11 is 0. The molecule has 1 heterocycles. The molecule has 0 aromatic heterocycles. The summed E-state index contributed by atoms with van der Waals surface area (Å²) in [6.07, 6.45) is -0.410. The van der Waals surface area contributed by atoms with Crippen LogP contribution >= 0.6 is 0 Å². The highest BCUT2D eigenvalue weighted by molar-refractivity contribution is 5.55. The van der Waals surface area contributed by atoms with Crippen molar-refractivity contribution in [1.82, 2.24) is 0 Å². The van der Waals surface area contributed by atoms with Gasteiger partial charge in [0.25, 0.3) is 0 Å². The van der Waals surface area contributed by atoms with Gasteiger partial charge < -0.3 is 20.1 Å². The quantitative estimate of drug-likeness (QED) is 0.835. The fraction of sp³-hybridized carbons (Fsp3) is 0.571. The van der Waals surface area contributed by atoms with E-state index in [1.165, 1.54) is 5.69 Å². The zero-order valence-electron chi connectivity index (χ0n) is 11.1. The molecule has 0 spiro atoms. The average molecular weight is 250 g/mol. The number of rotatable bonds is 5. The van der Waals surface area contributed by atoms with Crippen LogP contribution in [0.3, 0.4) is 0 Å². The van der Waals surface area contributed by atoms with Gasteiger partial charge in [0, 0.05) is 24.5 Å². The lowest BCUT2D eigenvalue weighted by molar-refractivity contribution is 0.125. The molecule has 0 radical (unpaired) electrons. The van der Waals surface area contributed by atoms with E-state index in [4.69, 9.17) is 4.74 Å². The van der Waals surface area contributed by atoms with Crippen LogP contribution in [0.25, 0.3) is 0 Å². The van der Waals surface area contributed by atoms with E-state index >= 15 is 0 Å². The maximum atomic E-state index is 9.67. The molecule has 1 fully saturated rings. The Balaban J connectivity index is 1.99. The van der Waals surface area contributed by atoms with Crippen LogP contribution in [0.1, 0.15) is 13.8 Å². The molecule has 2 unspecified atom stereocenters. The minimum Gasteiger partial charge on any atom is -0.388 e. The standard InChI is InChI=1S/C14H22N2O2/c1-3-16(4-2)12-7-5-11(6-8-12)15-13-9-18-10-14(13)17/h5-8,13-15,17H,3-4,9-10H2,1-2H3. The topological polar surface area (TPSA) is 44.7 Å². The Morgan fingerprint density at radius 2 is 1.89 bits per heavy atom. The lowest BCUT2D eigenvalue weighted by Gasteiger charge is -2.22. The fourth-order valence-corrected chi connectivity index (χ4v) is 2.25. The summed E-state index contributed by atoms with van der Waals surface area (Å²) in [4.78, 5) is 2.30. The van der Waals surface area contributed by atoms with Gasteiger partial charge >= 0.3 is 0 Å². The molecule has 0 aliphatic carbocycles. The van der Waals surface area contributed by atoms with E-state index in [2.05, 4.69) is 48.3 Å². The first-order chi connectivity index (χ1) is 8.74. The van der Waals surface area contributed by atoms with Crippen LogP contribution in [0, 0.1) is 0 Å². The lowest BCUT2D eigenvalue weighted by atomic mass is 10.2. The van der Waals surface area contributed by atoms with Gasteiger partial charge in [-0.2, -0.15) is 0 Å². The van der Waals surface area contributed by atoms with Crippen LogP contribution in [0.15, 0.2) is 24.3 Å². The number of aliphatic hydroxyl groups excluding tert-OH is 1. The summed E-state index contributed by atoms with van der Waals surface area (Å²) in [5.41, 5.74) is 2.26. The molecular formula is C14H22N2O2. The first kappa shape index (κ1) is 13.2. The van der Waals surface area contributed by atoms with E-state index in [0.29, 0.717) is 13.2 Å². The predicted octanol–water partition coefficient (Wildman–Crippen LogP) is 1.70. The molecule has 0 amide bonds. The molecule has 1 aromatic rings. The second-order valence-corrected chi connectivity index (χ2v) is 4.57. The Labute approximate surface area is 109 Å². The van der Waals surface area contributed by atoms with Crippen molar-refractivity contribution in [2.45, 2.75) is 26.0 Å². The highest BCUT2D eigenvalue weighted by atomic mass is 16.5. The molecule has 0 saturated carbocycles. The fourth-order valence-electron chi connectivity index (χ4n) is 2.25. The molecular weight excluding hydrogens is 228 g/mol. The van der Waals surface area contributed by atoms with Crippen molar-refractivity contribution in [3.8, 4) is 0 Å². The molecule has 18 heavy (non-hydrogen) atoms. The van der Waals surface area contributed by atoms with E-state index in [-0.39, 0.29) is 6.04 Å². The van der Waals surface area contributed by atoms with E-state index < -0.39 is 6.10 Å². The van der Waals surface area contributed by atoms with Crippen molar-refractivity contribution in [2.75, 3.05) is 36.5 Å². The van der Waals surface area contributed by atoms with Gasteiger partial charge in [0.2, 0.25) is 0 Å². The van der Waals surface area contributed by atoms with E-state index in [1.54, 1.807) is 0 Å². The van der Waals surface area contributed by atoms with Crippen LogP contribution in [-0.2, 0) is 4.74 Å². The first-order valence-electron chi connectivity index (χ1n) is 6.62. The monoisotopic (exact) mass is 250 g/mol. The molecule has 100 valence electrons. The highest BCUT2D eigenvalue weighted by Crippen LogP contribution is 2.19. The van der Waals surface area contributed by atoms with Gasteiger partial charge in [-0.3, -0.25) is 0 Å². The number of aliphatic hydroxyl groups is 1. The Kier molecular flexibility index (Phi) is 4.44. The smallest absolute Gasteiger partial charge is 0.0996 e. The molecule has 0 bridgehead atoms. The maximum absolute atomic E-state index is 9.67. The summed E-state index contributed by atoms with van der Waals surface area (Å²) in [6, 6.07) is 8.33. The summed E-state index contributed by atoms with van der Waals surface area (Å²) in [5.74, 6) is 0. The largest absolute Gasteiger partial charge is 0.388 e. The third-order valence-corrected chi connectivity index (χ3v) is 3.40. The number of ether oxygens (including phenoxy) is 1. The minimum atomic E-state index is -0.410. The van der Waals surface area contributed by atoms with Gasteiger partial charge in [0.1, 0.15) is 0 Å². The van der Waals surface area contributed by atoms with Crippen molar-refractivity contribution >= 4 is 11.4 Å². The van der Waals surface area contributed by atoms with E-state index in [0.717, 1.165) is 18.8 Å². The van der Waals surface area contributed by atoms with Gasteiger partial charge in [-0.25, -0.2) is 0 Å². The molecule has 2 N–H and O–H groups in total. The third kappa shape index (κ3) is 2.94. The Morgan fingerprint density at radius 3 is 2.39 bits per heavy atom. The van der Waals surface area contributed by atoms with Gasteiger partial charge in [0.05, 0.1) is 25.4 Å². The number of hydrogen-bond acceptors (Lipinski definition) is 4. The minimum absolute atomic E-state index is 0.00398. The van der Waals surface area contributed by atoms with E-state index in [9.17, 15) is 5.11 Å². The van der Waals surface area contributed by atoms with Crippen LogP contribution in [0.2, 0.25) is 0 Å². The number of nitrogens with zero attached hydrogens (tertiary/aromatic N) is 1. The molecule has 2 rings (SSSR count). The van der Waals surface area contributed by atoms with Crippen LogP contribution < -0.4 is 10.2 Å². The second kappa shape index (κ2) is 6.07. The van der Waals surface area contributed by atoms with Crippen molar-refractivity contribution in [2.24, 2.45) is 0 Å². The summed E-state index contributed by atoms with van der Waals surface area (Å²) in [5, 5.41) is 13.0. The summed E-state index contributed by atoms with van der Waals surface area (Å²) < 4.78 is 5.22. The lowest BCUT2D eigenvalue weighted by Crippen LogP contribution is -2.31. The first-order valence-corrected chi connectivity index (χ1v) is 6.62. The number of hydrogen-bond donors (Lipinski definition) is 2. The molecule has 1 saturated heterocycles. The Bertz CT molecular complexity index is 363. The normalized spacial score (nSPS) is 23.1.